The van der Waals surface area contributed by atoms with Gasteiger partial charge >= 0.3 is 6.18 Å². The van der Waals surface area contributed by atoms with Gasteiger partial charge in [0.05, 0.1) is 32.3 Å². The van der Waals surface area contributed by atoms with Crippen molar-refractivity contribution in [1.82, 2.24) is 9.55 Å². The Balaban J connectivity index is 2.09. The monoisotopic (exact) mass is 402 g/mol. The zero-order valence-electron chi connectivity index (χ0n) is 16.4. The zero-order chi connectivity index (χ0) is 20.9. The second kappa shape index (κ2) is 7.06. The Labute approximate surface area is 161 Å². The quantitative estimate of drug-likeness (QED) is 0.766. The molecule has 0 N–H and O–H groups in total. The minimum atomic E-state index is -4.64. The third-order valence-corrected chi connectivity index (χ3v) is 5.51. The highest BCUT2D eigenvalue weighted by Gasteiger charge is 2.60. The molecule has 1 fully saturated rings. The molecule has 0 saturated carbocycles. The number of alkyl halides is 3. The highest BCUT2D eigenvalue weighted by atomic mass is 19.4. The fraction of sp³-hybridized carbons (Fsp3) is 0.722. The van der Waals surface area contributed by atoms with E-state index in [-0.39, 0.29) is 17.8 Å². The predicted molar refractivity (Wildman–Crippen MR) is 97.8 cm³/mol. The van der Waals surface area contributed by atoms with E-state index in [1.807, 2.05) is 11.8 Å². The van der Waals surface area contributed by atoms with Crippen LogP contribution in [0.15, 0.2) is 10.9 Å². The van der Waals surface area contributed by atoms with E-state index in [9.17, 15) is 22.8 Å². The van der Waals surface area contributed by atoms with Crippen LogP contribution in [-0.2, 0) is 16.1 Å². The van der Waals surface area contributed by atoms with Crippen molar-refractivity contribution in [3.8, 4) is 0 Å². The molecule has 3 heterocycles. The van der Waals surface area contributed by atoms with E-state index < -0.39 is 36.3 Å². The van der Waals surface area contributed by atoms with Gasteiger partial charge in [-0.1, -0.05) is 13.8 Å². The number of hydrogen-bond acceptors (Lipinski definition) is 6. The van der Waals surface area contributed by atoms with Crippen LogP contribution in [0.25, 0.3) is 0 Å². The van der Waals surface area contributed by atoms with E-state index in [0.29, 0.717) is 25.6 Å². The Morgan fingerprint density at radius 2 is 2.11 bits per heavy atom. The van der Waals surface area contributed by atoms with Gasteiger partial charge in [-0.25, -0.2) is 0 Å². The van der Waals surface area contributed by atoms with Crippen molar-refractivity contribution in [2.24, 2.45) is 5.92 Å². The van der Waals surface area contributed by atoms with Crippen LogP contribution in [0.3, 0.4) is 0 Å². The Morgan fingerprint density at radius 1 is 1.43 bits per heavy atom. The second-order valence-electron chi connectivity index (χ2n) is 7.93. The molecule has 28 heavy (non-hydrogen) atoms. The smallest absolute Gasteiger partial charge is 0.377 e. The van der Waals surface area contributed by atoms with Crippen molar-refractivity contribution in [3.63, 3.8) is 0 Å². The topological polar surface area (TPSA) is 67.7 Å². The molecule has 10 heteroatoms. The summed E-state index contributed by atoms with van der Waals surface area (Å²) >= 11 is 0. The number of ketones is 1. The molecule has 0 spiro atoms. The number of ether oxygens (including phenoxy) is 1. The fourth-order valence-electron chi connectivity index (χ4n) is 3.49. The summed E-state index contributed by atoms with van der Waals surface area (Å²) < 4.78 is 48.2. The van der Waals surface area contributed by atoms with Crippen LogP contribution < -0.4 is 15.4 Å². The average Bonchev–Trinajstić information content (AvgIpc) is 2.89. The maximum atomic E-state index is 13.9. The molecule has 3 rings (SSSR count). The average molecular weight is 402 g/mol. The highest BCUT2D eigenvalue weighted by Crippen LogP contribution is 2.43. The minimum Gasteiger partial charge on any atom is -0.377 e. The summed E-state index contributed by atoms with van der Waals surface area (Å²) in [6.07, 6.45) is -4.64. The molecule has 1 saturated heterocycles. The molecule has 0 bridgehead atoms. The van der Waals surface area contributed by atoms with Crippen LogP contribution in [0.4, 0.5) is 24.9 Å². The molecule has 0 aliphatic carbocycles. The Kier molecular flexibility index (Phi) is 5.20. The molecule has 1 aromatic rings. The summed E-state index contributed by atoms with van der Waals surface area (Å²) in [5, 5.41) is 0. The summed E-state index contributed by atoms with van der Waals surface area (Å²) in [7, 11) is 0. The van der Waals surface area contributed by atoms with E-state index in [1.165, 1.54) is 6.07 Å². The molecule has 0 aromatic carbocycles. The van der Waals surface area contributed by atoms with Crippen LogP contribution in [0.5, 0.6) is 0 Å². The summed E-state index contributed by atoms with van der Waals surface area (Å²) in [4.78, 5) is 32.1. The van der Waals surface area contributed by atoms with Crippen LogP contribution >= 0.6 is 0 Å². The van der Waals surface area contributed by atoms with E-state index in [2.05, 4.69) is 4.98 Å². The van der Waals surface area contributed by atoms with Gasteiger partial charge in [0.2, 0.25) is 5.95 Å². The fourth-order valence-corrected chi connectivity index (χ4v) is 3.49. The van der Waals surface area contributed by atoms with Gasteiger partial charge in [-0.15, -0.1) is 0 Å². The first-order valence-corrected chi connectivity index (χ1v) is 9.29. The van der Waals surface area contributed by atoms with Crippen LogP contribution in [0.1, 0.15) is 27.7 Å². The van der Waals surface area contributed by atoms with Crippen molar-refractivity contribution in [2.45, 2.75) is 52.0 Å². The molecule has 0 amide bonds. The number of aromatic nitrogens is 2. The number of carbonyl (C=O) groups is 1. The Bertz CT molecular complexity index is 823. The molecule has 0 radical (unpaired) electrons. The normalized spacial score (nSPS) is 25.4. The van der Waals surface area contributed by atoms with Gasteiger partial charge < -0.3 is 14.5 Å². The van der Waals surface area contributed by atoms with E-state index in [4.69, 9.17) is 4.74 Å². The van der Waals surface area contributed by atoms with Gasteiger partial charge in [0, 0.05) is 18.5 Å². The molecule has 2 atom stereocenters. The van der Waals surface area contributed by atoms with Crippen LogP contribution in [0.2, 0.25) is 0 Å². The number of morpholine rings is 1. The lowest BCUT2D eigenvalue weighted by molar-refractivity contribution is -0.182. The van der Waals surface area contributed by atoms with E-state index in [1.54, 1.807) is 13.8 Å². The molecule has 1 aromatic heterocycles. The lowest BCUT2D eigenvalue weighted by atomic mass is 9.99. The third kappa shape index (κ3) is 3.38. The minimum absolute atomic E-state index is 0.0650. The first kappa shape index (κ1) is 20.6. The van der Waals surface area contributed by atoms with Crippen molar-refractivity contribution in [3.05, 3.63) is 16.4 Å². The number of Topliss-reactive ketones (excluding diaryl/α,β-unsaturated/α-hetero) is 1. The highest BCUT2D eigenvalue weighted by molar-refractivity contribution is 5.85. The molecule has 2 aliphatic rings. The molecule has 2 aliphatic heterocycles. The molecule has 2 unspecified atom stereocenters. The first-order chi connectivity index (χ1) is 13.0. The lowest BCUT2D eigenvalue weighted by Gasteiger charge is -2.37. The van der Waals surface area contributed by atoms with Gasteiger partial charge in [0.25, 0.3) is 5.56 Å². The number of nitrogens with zero attached hydrogens (tertiary/aromatic N) is 4. The molecule has 156 valence electrons. The first-order valence-electron chi connectivity index (χ1n) is 9.29. The van der Waals surface area contributed by atoms with Gasteiger partial charge in [-0.2, -0.15) is 18.2 Å². The second-order valence-corrected chi connectivity index (χ2v) is 7.93. The van der Waals surface area contributed by atoms with Gasteiger partial charge in [-0.3, -0.25) is 14.2 Å². The van der Waals surface area contributed by atoms with E-state index in [0.717, 1.165) is 16.4 Å². The largest absolute Gasteiger partial charge is 0.413 e. The van der Waals surface area contributed by atoms with Gasteiger partial charge in [0.1, 0.15) is 5.82 Å². The maximum Gasteiger partial charge on any atom is 0.413 e. The number of halogens is 3. The number of rotatable bonds is 4. The van der Waals surface area contributed by atoms with Gasteiger partial charge in [-0.05, 0) is 13.8 Å². The van der Waals surface area contributed by atoms with Crippen molar-refractivity contribution < 1.29 is 22.7 Å². The zero-order valence-corrected chi connectivity index (χ0v) is 16.4. The molecular formula is C18H25F3N4O3. The summed E-state index contributed by atoms with van der Waals surface area (Å²) in [5.41, 5.74) is -2.94. The van der Waals surface area contributed by atoms with Crippen LogP contribution in [-0.4, -0.2) is 59.4 Å². The molecular weight excluding hydrogens is 377 g/mol. The lowest BCUT2D eigenvalue weighted by Crippen LogP contribution is -2.57. The summed E-state index contributed by atoms with van der Waals surface area (Å²) in [6.45, 7) is 6.49. The number of carbonyl (C=O) groups excluding carboxylic acids is 1. The Hall–Kier alpha value is -2.10. The van der Waals surface area contributed by atoms with Crippen molar-refractivity contribution >= 4 is 17.5 Å². The maximum absolute atomic E-state index is 13.9. The summed E-state index contributed by atoms with van der Waals surface area (Å²) in [5.74, 6) is -0.584. The molecule has 7 nitrogen and oxygen atoms in total. The standard InChI is InChI=1S/C18H25F3N4O3/c1-11(2)13(26)8-25-16-22-14(23-5-6-28-9-12(23)3)7-15(27)24(16)10-17(25,4)18(19,20)21/h7,11-12H,5-6,8-10H2,1-4H3. The SMILES string of the molecule is CC(C)C(=O)CN1c2nc(N3CCOCC3C)cc(=O)n2CC1(C)C(F)(F)F. The summed E-state index contributed by atoms with van der Waals surface area (Å²) in [6, 6.07) is 1.19. The Morgan fingerprint density at radius 3 is 2.68 bits per heavy atom. The van der Waals surface area contributed by atoms with Gasteiger partial charge in [0.15, 0.2) is 11.3 Å². The number of anilines is 2. The number of fused-ring (bicyclic) bond motifs is 1. The van der Waals surface area contributed by atoms with Crippen molar-refractivity contribution in [2.75, 3.05) is 36.1 Å². The van der Waals surface area contributed by atoms with E-state index >= 15 is 0 Å². The van der Waals surface area contributed by atoms with Crippen LogP contribution in [0, 0.1) is 5.92 Å². The number of hydrogen-bond donors (Lipinski definition) is 0. The predicted octanol–water partition coefficient (Wildman–Crippen LogP) is 1.83. The third-order valence-electron chi connectivity index (χ3n) is 5.51. The van der Waals surface area contributed by atoms with Crippen molar-refractivity contribution in [1.29, 1.82) is 0 Å².